The molecule has 0 N–H and O–H groups in total. The number of carbonyl (C=O) groups excluding carboxylic acids is 1. The van der Waals surface area contributed by atoms with Crippen LogP contribution in [0, 0.1) is 0 Å². The summed E-state index contributed by atoms with van der Waals surface area (Å²) in [7, 11) is 0. The first-order valence-corrected chi connectivity index (χ1v) is 11.7. The van der Waals surface area contributed by atoms with Gasteiger partial charge < -0.3 is 9.15 Å². The van der Waals surface area contributed by atoms with Gasteiger partial charge in [-0.3, -0.25) is 9.20 Å². The molecule has 0 saturated carbocycles. The number of hydrogen-bond acceptors (Lipinski definition) is 9. The molecule has 4 heterocycles. The van der Waals surface area contributed by atoms with Crippen molar-refractivity contribution in [1.82, 2.24) is 29.6 Å². The van der Waals surface area contributed by atoms with Crippen molar-refractivity contribution in [2.75, 3.05) is 0 Å². The van der Waals surface area contributed by atoms with Crippen LogP contribution >= 0.6 is 11.3 Å². The number of thiazole rings is 1. The minimum absolute atomic E-state index is 0.0356. The molecule has 0 fully saturated rings. The maximum absolute atomic E-state index is 13.3. The molecule has 0 saturated heterocycles. The van der Waals surface area contributed by atoms with Gasteiger partial charge in [0.05, 0.1) is 22.2 Å². The van der Waals surface area contributed by atoms with Gasteiger partial charge in [0.15, 0.2) is 16.5 Å². The van der Waals surface area contributed by atoms with Crippen molar-refractivity contribution in [3.8, 4) is 11.4 Å². The lowest BCUT2D eigenvalue weighted by Crippen LogP contribution is -2.17. The minimum Gasteiger partial charge on any atom is -0.465 e. The van der Waals surface area contributed by atoms with Gasteiger partial charge in [0.1, 0.15) is 12.4 Å². The van der Waals surface area contributed by atoms with E-state index in [0.29, 0.717) is 27.8 Å². The molecule has 10 nitrogen and oxygen atoms in total. The Morgan fingerprint density at radius 2 is 1.89 bits per heavy atom. The standard InChI is InChI=1S/C25H16N6O4S/c32-22-13-17(26-25-30(22)19-10-4-5-11-21(19)36-25)15-35-24(33)20(14-18-9-6-12-34-18)31-23(27-28-29-31)16-7-2-1-3-8-16/h1-14H,15H2. The van der Waals surface area contributed by atoms with Crippen molar-refractivity contribution >= 4 is 44.3 Å². The summed E-state index contributed by atoms with van der Waals surface area (Å²) in [6.45, 7) is -0.211. The van der Waals surface area contributed by atoms with Gasteiger partial charge in [-0.25, -0.2) is 9.78 Å². The number of hydrogen-bond donors (Lipinski definition) is 0. The van der Waals surface area contributed by atoms with E-state index in [2.05, 4.69) is 20.5 Å². The number of benzene rings is 2. The fourth-order valence-electron chi connectivity index (χ4n) is 3.74. The van der Waals surface area contributed by atoms with E-state index >= 15 is 0 Å². The molecule has 6 rings (SSSR count). The van der Waals surface area contributed by atoms with Gasteiger partial charge in [0, 0.05) is 17.7 Å². The Morgan fingerprint density at radius 3 is 2.72 bits per heavy atom. The summed E-state index contributed by atoms with van der Waals surface area (Å²) in [6, 6.07) is 21.5. The van der Waals surface area contributed by atoms with Crippen molar-refractivity contribution < 1.29 is 13.9 Å². The SMILES string of the molecule is O=C(OCc1cc(=O)n2c(n1)sc1ccccc12)C(=Cc1ccco1)n1nnnc1-c1ccccc1. The van der Waals surface area contributed by atoms with Crippen LogP contribution in [0.15, 0.2) is 88.3 Å². The second kappa shape index (κ2) is 9.04. The van der Waals surface area contributed by atoms with Gasteiger partial charge >= 0.3 is 5.97 Å². The minimum atomic E-state index is -0.714. The number of aromatic nitrogens is 6. The van der Waals surface area contributed by atoms with Gasteiger partial charge in [0.25, 0.3) is 5.56 Å². The number of carbonyl (C=O) groups is 1. The predicted molar refractivity (Wildman–Crippen MR) is 133 cm³/mol. The average Bonchev–Trinajstić information content (AvgIpc) is 3.66. The number of ether oxygens (including phenoxy) is 1. The molecule has 4 aromatic heterocycles. The van der Waals surface area contributed by atoms with Crippen LogP contribution in [0.5, 0.6) is 0 Å². The highest BCUT2D eigenvalue weighted by atomic mass is 32.1. The summed E-state index contributed by atoms with van der Waals surface area (Å²) < 4.78 is 14.7. The molecular weight excluding hydrogens is 480 g/mol. The molecule has 6 aromatic rings. The van der Waals surface area contributed by atoms with Crippen molar-refractivity contribution in [3.05, 3.63) is 101 Å². The van der Waals surface area contributed by atoms with Gasteiger partial charge in [-0.15, -0.1) is 5.10 Å². The van der Waals surface area contributed by atoms with Crippen LogP contribution in [-0.4, -0.2) is 35.6 Å². The van der Waals surface area contributed by atoms with Crippen molar-refractivity contribution in [1.29, 1.82) is 0 Å². The Morgan fingerprint density at radius 1 is 1.06 bits per heavy atom. The predicted octanol–water partition coefficient (Wildman–Crippen LogP) is 3.90. The third-order valence-electron chi connectivity index (χ3n) is 5.36. The average molecular weight is 497 g/mol. The first kappa shape index (κ1) is 21.6. The highest BCUT2D eigenvalue weighted by Gasteiger charge is 2.22. The summed E-state index contributed by atoms with van der Waals surface area (Å²) in [5.74, 6) is 0.0576. The molecule has 0 radical (unpaired) electrons. The van der Waals surface area contributed by atoms with E-state index in [-0.39, 0.29) is 17.9 Å². The van der Waals surface area contributed by atoms with E-state index in [9.17, 15) is 9.59 Å². The molecule has 0 aliphatic heterocycles. The fraction of sp³-hybridized carbons (Fsp3) is 0.0400. The maximum atomic E-state index is 13.3. The molecule has 36 heavy (non-hydrogen) atoms. The van der Waals surface area contributed by atoms with Crippen LogP contribution < -0.4 is 5.56 Å². The third kappa shape index (κ3) is 3.97. The molecule has 0 spiro atoms. The Balaban J connectivity index is 1.33. The molecule has 0 unspecified atom stereocenters. The Labute approximate surface area is 206 Å². The number of tetrazole rings is 1. The quantitative estimate of drug-likeness (QED) is 0.252. The van der Waals surface area contributed by atoms with Crippen LogP contribution in [0.25, 0.3) is 38.3 Å². The van der Waals surface area contributed by atoms with Crippen molar-refractivity contribution in [2.24, 2.45) is 0 Å². The van der Waals surface area contributed by atoms with Crippen LogP contribution in [0.2, 0.25) is 0 Å². The lowest BCUT2D eigenvalue weighted by Gasteiger charge is -2.10. The normalized spacial score (nSPS) is 11.8. The Kier molecular flexibility index (Phi) is 5.43. The van der Waals surface area contributed by atoms with Gasteiger partial charge in [0.2, 0.25) is 0 Å². The maximum Gasteiger partial charge on any atom is 0.357 e. The molecular formula is C25H16N6O4S. The molecule has 0 bridgehead atoms. The van der Waals surface area contributed by atoms with E-state index < -0.39 is 5.97 Å². The lowest BCUT2D eigenvalue weighted by atomic mass is 10.2. The van der Waals surface area contributed by atoms with E-state index in [4.69, 9.17) is 9.15 Å². The zero-order chi connectivity index (χ0) is 24.5. The number of para-hydroxylation sites is 1. The Bertz CT molecular complexity index is 1780. The van der Waals surface area contributed by atoms with E-state index in [1.54, 1.807) is 16.5 Å². The highest BCUT2D eigenvalue weighted by molar-refractivity contribution is 7.23. The Hall–Kier alpha value is -4.90. The molecule has 11 heteroatoms. The zero-order valence-corrected chi connectivity index (χ0v) is 19.3. The highest BCUT2D eigenvalue weighted by Crippen LogP contribution is 2.24. The lowest BCUT2D eigenvalue weighted by molar-refractivity contribution is -0.138. The molecule has 0 atom stereocenters. The summed E-state index contributed by atoms with van der Waals surface area (Å²) >= 11 is 1.39. The number of furan rings is 1. The largest absolute Gasteiger partial charge is 0.465 e. The molecule has 2 aromatic carbocycles. The second-order valence-electron chi connectivity index (χ2n) is 7.67. The van der Waals surface area contributed by atoms with Crippen LogP contribution in [0.3, 0.4) is 0 Å². The van der Waals surface area contributed by atoms with Gasteiger partial charge in [-0.2, -0.15) is 4.68 Å². The number of esters is 1. The summed E-state index contributed by atoms with van der Waals surface area (Å²) in [5.41, 5.74) is 1.62. The van der Waals surface area contributed by atoms with Crippen LogP contribution in [-0.2, 0) is 16.1 Å². The number of nitrogens with zero attached hydrogens (tertiary/aromatic N) is 6. The summed E-state index contributed by atoms with van der Waals surface area (Å²) in [4.78, 5) is 31.1. The first-order valence-electron chi connectivity index (χ1n) is 10.8. The molecule has 0 aliphatic rings. The van der Waals surface area contributed by atoms with Crippen molar-refractivity contribution in [3.63, 3.8) is 0 Å². The van der Waals surface area contributed by atoms with E-state index in [0.717, 1.165) is 10.2 Å². The monoisotopic (exact) mass is 496 g/mol. The summed E-state index contributed by atoms with van der Waals surface area (Å²) in [6.07, 6.45) is 2.98. The van der Waals surface area contributed by atoms with E-state index in [1.807, 2.05) is 54.6 Å². The van der Waals surface area contributed by atoms with Crippen molar-refractivity contribution in [2.45, 2.75) is 6.61 Å². The topological polar surface area (TPSA) is 117 Å². The molecule has 0 aliphatic carbocycles. The number of rotatable bonds is 6. The first-order chi connectivity index (χ1) is 17.7. The van der Waals surface area contributed by atoms with Gasteiger partial charge in [-0.1, -0.05) is 53.8 Å². The third-order valence-corrected chi connectivity index (χ3v) is 6.38. The molecule has 0 amide bonds. The van der Waals surface area contributed by atoms with Crippen LogP contribution in [0.1, 0.15) is 11.5 Å². The van der Waals surface area contributed by atoms with Crippen LogP contribution in [0.4, 0.5) is 0 Å². The number of fused-ring (bicyclic) bond motifs is 3. The smallest absolute Gasteiger partial charge is 0.357 e. The summed E-state index contributed by atoms with van der Waals surface area (Å²) in [5, 5.41) is 11.8. The fourth-order valence-corrected chi connectivity index (χ4v) is 4.79. The second-order valence-corrected chi connectivity index (χ2v) is 8.68. The van der Waals surface area contributed by atoms with Gasteiger partial charge in [-0.05, 0) is 34.7 Å². The van der Waals surface area contributed by atoms with E-state index in [1.165, 1.54) is 34.4 Å². The molecule has 176 valence electrons. The zero-order valence-electron chi connectivity index (χ0n) is 18.5.